The maximum Gasteiger partial charge on any atom is 0.258 e. The predicted molar refractivity (Wildman–Crippen MR) is 85.5 cm³/mol. The zero-order chi connectivity index (χ0) is 15.4. The summed E-state index contributed by atoms with van der Waals surface area (Å²) in [6, 6.07) is 1.88. The number of ether oxygens (including phenoxy) is 1. The topological polar surface area (TPSA) is 41.6 Å². The average molecular weight is 311 g/mol. The van der Waals surface area contributed by atoms with E-state index in [1.54, 1.807) is 0 Å². The van der Waals surface area contributed by atoms with Crippen molar-refractivity contribution in [2.24, 2.45) is 0 Å². The quantitative estimate of drug-likeness (QED) is 0.930. The van der Waals surface area contributed by atoms with Gasteiger partial charge < -0.3 is 15.0 Å². The summed E-state index contributed by atoms with van der Waals surface area (Å²) < 4.78 is 5.79. The average Bonchev–Trinajstić information content (AvgIpc) is 2.51. The molecule has 0 bridgehead atoms. The Labute approximate surface area is 131 Å². The molecule has 0 saturated carbocycles. The standard InChI is InChI=1S/C16H23ClN2O2/c1-4-9-21-13-10-11(2)15(17)12(3)14(13)16(20)19-7-5-18-6-8-19/h10,18H,4-9H2,1-3H3. The van der Waals surface area contributed by atoms with Crippen LogP contribution in [-0.4, -0.2) is 43.6 Å². The third-order valence-corrected chi connectivity index (χ3v) is 4.31. The summed E-state index contributed by atoms with van der Waals surface area (Å²) in [4.78, 5) is 14.7. The molecule has 0 atom stereocenters. The number of carbonyl (C=O) groups excluding carboxylic acids is 1. The molecule has 21 heavy (non-hydrogen) atoms. The van der Waals surface area contributed by atoms with E-state index in [-0.39, 0.29) is 5.91 Å². The van der Waals surface area contributed by atoms with Crippen molar-refractivity contribution in [3.63, 3.8) is 0 Å². The minimum absolute atomic E-state index is 0.0157. The summed E-state index contributed by atoms with van der Waals surface area (Å²) in [6.07, 6.45) is 0.905. The Hall–Kier alpha value is -1.26. The molecule has 0 aromatic heterocycles. The first-order valence-electron chi connectivity index (χ1n) is 7.48. The van der Waals surface area contributed by atoms with Gasteiger partial charge in [-0.3, -0.25) is 4.79 Å². The van der Waals surface area contributed by atoms with Crippen LogP contribution in [0.25, 0.3) is 0 Å². The first kappa shape index (κ1) is 16.1. The molecule has 1 amide bonds. The Morgan fingerprint density at radius 1 is 1.38 bits per heavy atom. The minimum atomic E-state index is 0.0157. The molecule has 1 N–H and O–H groups in total. The molecule has 0 spiro atoms. The van der Waals surface area contributed by atoms with Gasteiger partial charge in [0.25, 0.3) is 5.91 Å². The molecule has 1 aromatic carbocycles. The second-order valence-electron chi connectivity index (χ2n) is 5.40. The Kier molecular flexibility index (Phi) is 5.48. The maximum absolute atomic E-state index is 12.8. The van der Waals surface area contributed by atoms with Crippen molar-refractivity contribution in [1.29, 1.82) is 0 Å². The zero-order valence-corrected chi connectivity index (χ0v) is 13.7. The Morgan fingerprint density at radius 2 is 2.05 bits per heavy atom. The fourth-order valence-electron chi connectivity index (χ4n) is 2.54. The number of halogens is 1. The molecule has 1 saturated heterocycles. The number of benzene rings is 1. The van der Waals surface area contributed by atoms with Gasteiger partial charge in [0.05, 0.1) is 12.2 Å². The van der Waals surface area contributed by atoms with Crippen molar-refractivity contribution in [1.82, 2.24) is 10.2 Å². The van der Waals surface area contributed by atoms with Crippen molar-refractivity contribution < 1.29 is 9.53 Å². The van der Waals surface area contributed by atoms with E-state index >= 15 is 0 Å². The van der Waals surface area contributed by atoms with Gasteiger partial charge in [0.2, 0.25) is 0 Å². The molecule has 0 aliphatic carbocycles. The lowest BCUT2D eigenvalue weighted by molar-refractivity contribution is 0.0730. The molecule has 5 heteroatoms. The number of hydrogen-bond donors (Lipinski definition) is 1. The van der Waals surface area contributed by atoms with Crippen LogP contribution in [0.4, 0.5) is 0 Å². The number of amides is 1. The molecule has 1 aromatic rings. The van der Waals surface area contributed by atoms with Crippen molar-refractivity contribution in [3.05, 3.63) is 27.8 Å². The minimum Gasteiger partial charge on any atom is -0.493 e. The molecule has 0 radical (unpaired) electrons. The summed E-state index contributed by atoms with van der Waals surface area (Å²) in [5, 5.41) is 3.90. The molecule has 4 nitrogen and oxygen atoms in total. The summed E-state index contributed by atoms with van der Waals surface area (Å²) >= 11 is 6.33. The van der Waals surface area contributed by atoms with Gasteiger partial charge in [-0.15, -0.1) is 0 Å². The van der Waals surface area contributed by atoms with Gasteiger partial charge in [0.15, 0.2) is 0 Å². The van der Waals surface area contributed by atoms with Crippen LogP contribution >= 0.6 is 11.6 Å². The number of rotatable bonds is 4. The lowest BCUT2D eigenvalue weighted by Crippen LogP contribution is -2.46. The molecular formula is C16H23ClN2O2. The van der Waals surface area contributed by atoms with Crippen molar-refractivity contribution in [2.45, 2.75) is 27.2 Å². The number of carbonyl (C=O) groups is 1. The second-order valence-corrected chi connectivity index (χ2v) is 5.77. The number of piperazine rings is 1. The Morgan fingerprint density at radius 3 is 2.67 bits per heavy atom. The number of nitrogens with one attached hydrogen (secondary N) is 1. The van der Waals surface area contributed by atoms with E-state index < -0.39 is 0 Å². The first-order valence-corrected chi connectivity index (χ1v) is 7.86. The monoisotopic (exact) mass is 310 g/mol. The van der Waals surface area contributed by atoms with E-state index in [4.69, 9.17) is 16.3 Å². The second kappa shape index (κ2) is 7.14. The zero-order valence-electron chi connectivity index (χ0n) is 13.0. The van der Waals surface area contributed by atoms with E-state index in [0.29, 0.717) is 22.9 Å². The van der Waals surface area contributed by atoms with Crippen LogP contribution in [0.15, 0.2) is 6.07 Å². The normalized spacial score (nSPS) is 15.1. The van der Waals surface area contributed by atoms with Crippen LogP contribution in [0.5, 0.6) is 5.75 Å². The molecular weight excluding hydrogens is 288 g/mol. The van der Waals surface area contributed by atoms with Gasteiger partial charge in [-0.2, -0.15) is 0 Å². The van der Waals surface area contributed by atoms with Crippen LogP contribution in [0.3, 0.4) is 0 Å². The van der Waals surface area contributed by atoms with Crippen LogP contribution in [0.1, 0.15) is 34.8 Å². The lowest BCUT2D eigenvalue weighted by Gasteiger charge is -2.29. The van der Waals surface area contributed by atoms with Crippen molar-refractivity contribution in [3.8, 4) is 5.75 Å². The molecule has 1 aliphatic rings. The highest BCUT2D eigenvalue weighted by Crippen LogP contribution is 2.32. The van der Waals surface area contributed by atoms with E-state index in [0.717, 1.165) is 43.7 Å². The number of hydrogen-bond acceptors (Lipinski definition) is 3. The molecule has 1 aliphatic heterocycles. The highest BCUT2D eigenvalue weighted by Gasteiger charge is 2.25. The third-order valence-electron chi connectivity index (χ3n) is 3.72. The Balaban J connectivity index is 2.38. The highest BCUT2D eigenvalue weighted by molar-refractivity contribution is 6.32. The van der Waals surface area contributed by atoms with Gasteiger partial charge >= 0.3 is 0 Å². The first-order chi connectivity index (χ1) is 10.1. The predicted octanol–water partition coefficient (Wildman–Crippen LogP) is 2.79. The summed E-state index contributed by atoms with van der Waals surface area (Å²) in [6.45, 7) is 9.57. The molecule has 1 heterocycles. The molecule has 116 valence electrons. The smallest absolute Gasteiger partial charge is 0.258 e. The largest absolute Gasteiger partial charge is 0.493 e. The third kappa shape index (κ3) is 3.50. The summed E-state index contributed by atoms with van der Waals surface area (Å²) in [5.41, 5.74) is 2.37. The van der Waals surface area contributed by atoms with E-state index in [1.807, 2.05) is 31.7 Å². The van der Waals surface area contributed by atoms with Crippen LogP contribution in [-0.2, 0) is 0 Å². The van der Waals surface area contributed by atoms with Crippen LogP contribution in [0.2, 0.25) is 5.02 Å². The fourth-order valence-corrected chi connectivity index (χ4v) is 2.69. The summed E-state index contributed by atoms with van der Waals surface area (Å²) in [5.74, 6) is 0.668. The van der Waals surface area contributed by atoms with Crippen LogP contribution in [0, 0.1) is 13.8 Å². The van der Waals surface area contributed by atoms with Crippen molar-refractivity contribution in [2.75, 3.05) is 32.8 Å². The number of nitrogens with zero attached hydrogens (tertiary/aromatic N) is 1. The van der Waals surface area contributed by atoms with Gasteiger partial charge in [-0.1, -0.05) is 18.5 Å². The van der Waals surface area contributed by atoms with Gasteiger partial charge in [0, 0.05) is 31.2 Å². The van der Waals surface area contributed by atoms with E-state index in [9.17, 15) is 4.79 Å². The summed E-state index contributed by atoms with van der Waals surface area (Å²) in [7, 11) is 0. The molecule has 0 unspecified atom stereocenters. The Bertz CT molecular complexity index is 525. The van der Waals surface area contributed by atoms with E-state index in [1.165, 1.54) is 0 Å². The van der Waals surface area contributed by atoms with Gasteiger partial charge in [-0.05, 0) is 37.5 Å². The molecule has 2 rings (SSSR count). The van der Waals surface area contributed by atoms with Gasteiger partial charge in [-0.25, -0.2) is 0 Å². The highest BCUT2D eigenvalue weighted by atomic mass is 35.5. The SMILES string of the molecule is CCCOc1cc(C)c(Cl)c(C)c1C(=O)N1CCNCC1. The van der Waals surface area contributed by atoms with E-state index in [2.05, 4.69) is 5.32 Å². The van der Waals surface area contributed by atoms with Gasteiger partial charge in [0.1, 0.15) is 5.75 Å². The molecule has 1 fully saturated rings. The van der Waals surface area contributed by atoms with Crippen LogP contribution < -0.4 is 10.1 Å². The number of aryl methyl sites for hydroxylation is 1. The fraction of sp³-hybridized carbons (Fsp3) is 0.562. The maximum atomic E-state index is 12.8. The van der Waals surface area contributed by atoms with Crippen molar-refractivity contribution >= 4 is 17.5 Å². The lowest BCUT2D eigenvalue weighted by atomic mass is 10.0.